The summed E-state index contributed by atoms with van der Waals surface area (Å²) in [6, 6.07) is 5.42. The lowest BCUT2D eigenvalue weighted by molar-refractivity contribution is -0.117. The molecule has 0 aliphatic heterocycles. The third kappa shape index (κ3) is 3.54. The highest BCUT2D eigenvalue weighted by Gasteiger charge is 2.07. The van der Waals surface area contributed by atoms with Crippen LogP contribution in [0.1, 0.15) is 18.9 Å². The van der Waals surface area contributed by atoms with Crippen molar-refractivity contribution < 1.29 is 4.79 Å². The minimum atomic E-state index is -0.340. The molecular formula is C12H13N3O. The molecule has 1 amide bonds. The molecule has 0 aliphatic rings. The van der Waals surface area contributed by atoms with E-state index in [2.05, 4.69) is 10.3 Å². The largest absolute Gasteiger partial charge is 0.351 e. The molecular weight excluding hydrogens is 202 g/mol. The van der Waals surface area contributed by atoms with Crippen LogP contribution in [-0.2, 0) is 4.79 Å². The number of aromatic nitrogens is 1. The van der Waals surface area contributed by atoms with Crippen molar-refractivity contribution in [2.24, 2.45) is 0 Å². The molecule has 0 saturated heterocycles. The van der Waals surface area contributed by atoms with Gasteiger partial charge in [0.25, 0.3) is 5.91 Å². The van der Waals surface area contributed by atoms with E-state index < -0.39 is 0 Å². The number of rotatable bonds is 4. The van der Waals surface area contributed by atoms with Crippen molar-refractivity contribution in [3.8, 4) is 6.07 Å². The van der Waals surface area contributed by atoms with Crippen LogP contribution in [0.3, 0.4) is 0 Å². The first kappa shape index (κ1) is 11.9. The van der Waals surface area contributed by atoms with Crippen molar-refractivity contribution in [3.63, 3.8) is 0 Å². The van der Waals surface area contributed by atoms with Gasteiger partial charge in [0.2, 0.25) is 0 Å². The summed E-state index contributed by atoms with van der Waals surface area (Å²) in [7, 11) is 0. The highest BCUT2D eigenvalue weighted by Crippen LogP contribution is 2.04. The lowest BCUT2D eigenvalue weighted by atomic mass is 10.1. The summed E-state index contributed by atoms with van der Waals surface area (Å²) < 4.78 is 0. The molecule has 4 nitrogen and oxygen atoms in total. The smallest absolute Gasteiger partial charge is 0.261 e. The maximum atomic E-state index is 11.5. The number of nitrogens with zero attached hydrogens (tertiary/aromatic N) is 2. The van der Waals surface area contributed by atoms with Gasteiger partial charge in [-0.3, -0.25) is 9.78 Å². The third-order valence-electron chi connectivity index (χ3n) is 1.90. The Morgan fingerprint density at radius 1 is 1.69 bits per heavy atom. The molecule has 4 heteroatoms. The molecule has 0 spiro atoms. The third-order valence-corrected chi connectivity index (χ3v) is 1.90. The number of carbonyl (C=O) groups is 1. The molecule has 16 heavy (non-hydrogen) atoms. The highest BCUT2D eigenvalue weighted by atomic mass is 16.1. The maximum absolute atomic E-state index is 11.5. The van der Waals surface area contributed by atoms with Gasteiger partial charge in [-0.1, -0.05) is 13.0 Å². The zero-order valence-corrected chi connectivity index (χ0v) is 9.10. The van der Waals surface area contributed by atoms with E-state index in [0.29, 0.717) is 6.54 Å². The SMILES string of the molecule is CCCNC(=O)/C(C#N)=C\c1cccnc1. The molecule has 0 aromatic carbocycles. The van der Waals surface area contributed by atoms with Crippen molar-refractivity contribution in [2.75, 3.05) is 6.54 Å². The molecule has 1 aromatic rings. The molecule has 0 unspecified atom stereocenters. The second-order valence-electron chi connectivity index (χ2n) is 3.21. The van der Waals surface area contributed by atoms with E-state index in [1.165, 1.54) is 6.08 Å². The van der Waals surface area contributed by atoms with Gasteiger partial charge >= 0.3 is 0 Å². The lowest BCUT2D eigenvalue weighted by Gasteiger charge is -2.01. The highest BCUT2D eigenvalue weighted by molar-refractivity contribution is 6.01. The van der Waals surface area contributed by atoms with E-state index >= 15 is 0 Å². The van der Waals surface area contributed by atoms with Crippen LogP contribution in [0.5, 0.6) is 0 Å². The average Bonchev–Trinajstić information content (AvgIpc) is 2.34. The summed E-state index contributed by atoms with van der Waals surface area (Å²) in [5.41, 5.74) is 0.840. The fourth-order valence-corrected chi connectivity index (χ4v) is 1.11. The first-order valence-electron chi connectivity index (χ1n) is 5.08. The Labute approximate surface area is 94.6 Å². The Kier molecular flexibility index (Phi) is 4.74. The molecule has 0 aliphatic carbocycles. The monoisotopic (exact) mass is 215 g/mol. The molecule has 82 valence electrons. The van der Waals surface area contributed by atoms with Gasteiger partial charge in [0, 0.05) is 18.9 Å². The second kappa shape index (κ2) is 6.36. The van der Waals surface area contributed by atoms with E-state index in [-0.39, 0.29) is 11.5 Å². The summed E-state index contributed by atoms with van der Waals surface area (Å²) in [5.74, 6) is -0.340. The van der Waals surface area contributed by atoms with E-state index in [0.717, 1.165) is 12.0 Å². The van der Waals surface area contributed by atoms with Crippen molar-refractivity contribution in [1.29, 1.82) is 5.26 Å². The predicted molar refractivity (Wildman–Crippen MR) is 61.1 cm³/mol. The van der Waals surface area contributed by atoms with Gasteiger partial charge in [-0.25, -0.2) is 0 Å². The molecule has 0 atom stereocenters. The minimum absolute atomic E-state index is 0.0986. The van der Waals surface area contributed by atoms with Crippen molar-refractivity contribution in [3.05, 3.63) is 35.7 Å². The summed E-state index contributed by atoms with van der Waals surface area (Å²) in [4.78, 5) is 15.4. The van der Waals surface area contributed by atoms with Crippen LogP contribution in [0.4, 0.5) is 0 Å². The van der Waals surface area contributed by atoms with Crippen molar-refractivity contribution >= 4 is 12.0 Å². The standard InChI is InChI=1S/C12H13N3O/c1-2-5-15-12(16)11(8-13)7-10-4-3-6-14-9-10/h3-4,6-7,9H,2,5H2,1H3,(H,15,16)/b11-7-. The van der Waals surface area contributed by atoms with Crippen LogP contribution in [0.15, 0.2) is 30.1 Å². The number of hydrogen-bond acceptors (Lipinski definition) is 3. The lowest BCUT2D eigenvalue weighted by Crippen LogP contribution is -2.25. The number of nitriles is 1. The molecule has 0 fully saturated rings. The van der Waals surface area contributed by atoms with E-state index in [4.69, 9.17) is 5.26 Å². The van der Waals surface area contributed by atoms with Crippen LogP contribution in [-0.4, -0.2) is 17.4 Å². The predicted octanol–water partition coefficient (Wildman–Crippen LogP) is 1.51. The molecule has 0 bridgehead atoms. The van der Waals surface area contributed by atoms with Crippen LogP contribution in [0, 0.1) is 11.3 Å². The van der Waals surface area contributed by atoms with Crippen molar-refractivity contribution in [2.45, 2.75) is 13.3 Å². The van der Waals surface area contributed by atoms with Gasteiger partial charge in [0.05, 0.1) is 0 Å². The van der Waals surface area contributed by atoms with Crippen LogP contribution < -0.4 is 5.32 Å². The zero-order chi connectivity index (χ0) is 11.8. The number of pyridine rings is 1. The molecule has 1 N–H and O–H groups in total. The molecule has 1 heterocycles. The maximum Gasteiger partial charge on any atom is 0.261 e. The Morgan fingerprint density at radius 3 is 3.06 bits per heavy atom. The minimum Gasteiger partial charge on any atom is -0.351 e. The van der Waals surface area contributed by atoms with Gasteiger partial charge in [-0.15, -0.1) is 0 Å². The fraction of sp³-hybridized carbons (Fsp3) is 0.250. The average molecular weight is 215 g/mol. The van der Waals surface area contributed by atoms with Crippen LogP contribution in [0.25, 0.3) is 6.08 Å². The van der Waals surface area contributed by atoms with Gasteiger partial charge in [-0.2, -0.15) is 5.26 Å². The Bertz CT molecular complexity index is 418. The number of amides is 1. The van der Waals surface area contributed by atoms with Crippen molar-refractivity contribution in [1.82, 2.24) is 10.3 Å². The molecule has 1 aromatic heterocycles. The molecule has 1 rings (SSSR count). The molecule has 0 saturated carbocycles. The summed E-state index contributed by atoms with van der Waals surface area (Å²) >= 11 is 0. The first-order valence-corrected chi connectivity index (χ1v) is 5.08. The Balaban J connectivity index is 2.79. The topological polar surface area (TPSA) is 65.8 Å². The fourth-order valence-electron chi connectivity index (χ4n) is 1.11. The Hall–Kier alpha value is -2.15. The van der Waals surface area contributed by atoms with E-state index in [1.807, 2.05) is 13.0 Å². The Morgan fingerprint density at radius 2 is 2.50 bits per heavy atom. The summed E-state index contributed by atoms with van der Waals surface area (Å²) in [6.07, 6.45) is 5.61. The summed E-state index contributed by atoms with van der Waals surface area (Å²) in [6.45, 7) is 2.53. The second-order valence-corrected chi connectivity index (χ2v) is 3.21. The number of hydrogen-bond donors (Lipinski definition) is 1. The van der Waals surface area contributed by atoms with Gasteiger partial charge in [0.1, 0.15) is 11.6 Å². The number of carbonyl (C=O) groups excluding carboxylic acids is 1. The zero-order valence-electron chi connectivity index (χ0n) is 9.10. The van der Waals surface area contributed by atoms with Crippen LogP contribution in [0.2, 0.25) is 0 Å². The van der Waals surface area contributed by atoms with Crippen LogP contribution >= 0.6 is 0 Å². The van der Waals surface area contributed by atoms with Gasteiger partial charge in [0.15, 0.2) is 0 Å². The number of nitrogens with one attached hydrogen (secondary N) is 1. The van der Waals surface area contributed by atoms with Gasteiger partial charge < -0.3 is 5.32 Å². The first-order chi connectivity index (χ1) is 7.77. The van der Waals surface area contributed by atoms with E-state index in [9.17, 15) is 4.79 Å². The van der Waals surface area contributed by atoms with E-state index in [1.54, 1.807) is 24.5 Å². The molecule has 0 radical (unpaired) electrons. The summed E-state index contributed by atoms with van der Waals surface area (Å²) in [5, 5.41) is 11.5. The normalized spacial score (nSPS) is 10.6. The van der Waals surface area contributed by atoms with Gasteiger partial charge in [-0.05, 0) is 24.1 Å². The quantitative estimate of drug-likeness (QED) is 0.611.